The smallest absolute Gasteiger partial charge is 0.0605 e. The maximum atomic E-state index is 5.51. The zero-order valence-corrected chi connectivity index (χ0v) is 8.63. The van der Waals surface area contributed by atoms with Crippen LogP contribution in [0.3, 0.4) is 0 Å². The molecular formula is C11H20O. The van der Waals surface area contributed by atoms with Crippen LogP contribution in [0.2, 0.25) is 0 Å². The van der Waals surface area contributed by atoms with E-state index in [2.05, 4.69) is 20.8 Å². The minimum atomic E-state index is 0.568. The van der Waals surface area contributed by atoms with Gasteiger partial charge in [0.05, 0.1) is 6.10 Å². The largest absolute Gasteiger partial charge is 0.381 e. The summed E-state index contributed by atoms with van der Waals surface area (Å²) in [5, 5.41) is 0. The van der Waals surface area contributed by atoms with Gasteiger partial charge in [-0.1, -0.05) is 20.8 Å². The normalized spacial score (nSPS) is 50.0. The van der Waals surface area contributed by atoms with Crippen LogP contribution in [0.15, 0.2) is 0 Å². The third-order valence-electron chi connectivity index (χ3n) is 4.72. The highest BCUT2D eigenvalue weighted by atomic mass is 16.5. The predicted molar refractivity (Wildman–Crippen MR) is 50.0 cm³/mol. The Bertz CT molecular complexity index is 179. The Morgan fingerprint density at radius 1 is 1.25 bits per heavy atom. The third-order valence-corrected chi connectivity index (χ3v) is 4.72. The molecule has 0 aromatic heterocycles. The highest BCUT2D eigenvalue weighted by Crippen LogP contribution is 2.59. The van der Waals surface area contributed by atoms with E-state index in [1.807, 2.05) is 7.11 Å². The first-order valence-electron chi connectivity index (χ1n) is 5.10. The molecule has 2 fully saturated rings. The van der Waals surface area contributed by atoms with Gasteiger partial charge in [-0.25, -0.2) is 0 Å². The van der Waals surface area contributed by atoms with E-state index in [0.29, 0.717) is 11.5 Å². The molecule has 1 nitrogen and oxygen atoms in total. The van der Waals surface area contributed by atoms with Crippen molar-refractivity contribution in [3.63, 3.8) is 0 Å². The molecule has 2 aliphatic carbocycles. The molecule has 4 unspecified atom stereocenters. The molecule has 0 spiro atoms. The SMILES string of the molecule is COC1CC2CC1C(C)C2(C)C. The summed E-state index contributed by atoms with van der Waals surface area (Å²) < 4.78 is 5.51. The van der Waals surface area contributed by atoms with Crippen LogP contribution in [0, 0.1) is 23.2 Å². The van der Waals surface area contributed by atoms with Crippen molar-refractivity contribution in [1.29, 1.82) is 0 Å². The van der Waals surface area contributed by atoms with Crippen molar-refractivity contribution < 1.29 is 4.74 Å². The van der Waals surface area contributed by atoms with Gasteiger partial charge in [0.15, 0.2) is 0 Å². The Balaban J connectivity index is 2.18. The van der Waals surface area contributed by atoms with Crippen LogP contribution in [-0.4, -0.2) is 13.2 Å². The summed E-state index contributed by atoms with van der Waals surface area (Å²) in [4.78, 5) is 0. The first kappa shape index (κ1) is 8.55. The van der Waals surface area contributed by atoms with Crippen molar-refractivity contribution in [3.05, 3.63) is 0 Å². The summed E-state index contributed by atoms with van der Waals surface area (Å²) in [6, 6.07) is 0. The Morgan fingerprint density at radius 3 is 2.33 bits per heavy atom. The topological polar surface area (TPSA) is 9.23 Å². The fourth-order valence-electron chi connectivity index (χ4n) is 3.36. The summed E-state index contributed by atoms with van der Waals surface area (Å²) >= 11 is 0. The Labute approximate surface area is 75.5 Å². The number of hydrogen-bond donors (Lipinski definition) is 0. The Morgan fingerprint density at radius 2 is 1.92 bits per heavy atom. The summed E-state index contributed by atoms with van der Waals surface area (Å²) in [6.45, 7) is 7.25. The molecule has 2 aliphatic rings. The van der Waals surface area contributed by atoms with E-state index in [1.165, 1.54) is 12.8 Å². The zero-order valence-electron chi connectivity index (χ0n) is 8.63. The van der Waals surface area contributed by atoms with E-state index >= 15 is 0 Å². The average molecular weight is 168 g/mol. The van der Waals surface area contributed by atoms with Crippen LogP contribution in [0.1, 0.15) is 33.6 Å². The van der Waals surface area contributed by atoms with Gasteiger partial charge in [-0.3, -0.25) is 0 Å². The van der Waals surface area contributed by atoms with Gasteiger partial charge in [0.1, 0.15) is 0 Å². The number of fused-ring (bicyclic) bond motifs is 2. The second-order valence-electron chi connectivity index (χ2n) is 5.22. The standard InChI is InChI=1S/C11H20O/c1-7-9-5-8(11(7,2)3)6-10(9)12-4/h7-10H,5-6H2,1-4H3. The highest BCUT2D eigenvalue weighted by Gasteiger charge is 2.55. The quantitative estimate of drug-likeness (QED) is 0.585. The molecule has 0 N–H and O–H groups in total. The number of ether oxygens (including phenoxy) is 1. The molecule has 12 heavy (non-hydrogen) atoms. The van der Waals surface area contributed by atoms with Gasteiger partial charge in [0.2, 0.25) is 0 Å². The van der Waals surface area contributed by atoms with Crippen molar-refractivity contribution in [3.8, 4) is 0 Å². The van der Waals surface area contributed by atoms with Crippen LogP contribution in [0.4, 0.5) is 0 Å². The molecule has 0 amide bonds. The molecule has 0 aromatic carbocycles. The van der Waals surface area contributed by atoms with Gasteiger partial charge in [-0.05, 0) is 36.0 Å². The summed E-state index contributed by atoms with van der Waals surface area (Å²) in [5.74, 6) is 2.61. The van der Waals surface area contributed by atoms with E-state index < -0.39 is 0 Å². The average Bonchev–Trinajstić information content (AvgIpc) is 2.52. The molecule has 4 atom stereocenters. The van der Waals surface area contributed by atoms with Crippen LogP contribution >= 0.6 is 0 Å². The second-order valence-corrected chi connectivity index (χ2v) is 5.22. The minimum Gasteiger partial charge on any atom is -0.381 e. The lowest BCUT2D eigenvalue weighted by atomic mass is 9.69. The molecule has 0 saturated heterocycles. The number of methoxy groups -OCH3 is 1. The molecule has 0 heterocycles. The third kappa shape index (κ3) is 0.891. The van der Waals surface area contributed by atoms with E-state index in [4.69, 9.17) is 4.74 Å². The molecule has 0 radical (unpaired) electrons. The lowest BCUT2D eigenvalue weighted by Gasteiger charge is -2.39. The van der Waals surface area contributed by atoms with Gasteiger partial charge in [0.25, 0.3) is 0 Å². The van der Waals surface area contributed by atoms with Crippen molar-refractivity contribution in [2.75, 3.05) is 7.11 Å². The number of rotatable bonds is 1. The molecule has 0 aliphatic heterocycles. The maximum Gasteiger partial charge on any atom is 0.0605 e. The lowest BCUT2D eigenvalue weighted by molar-refractivity contribution is -0.00595. The molecule has 1 heteroatoms. The second kappa shape index (κ2) is 2.47. The van der Waals surface area contributed by atoms with E-state index in [-0.39, 0.29) is 0 Å². The summed E-state index contributed by atoms with van der Waals surface area (Å²) in [7, 11) is 1.87. The first-order valence-corrected chi connectivity index (χ1v) is 5.10. The van der Waals surface area contributed by atoms with Crippen LogP contribution < -0.4 is 0 Å². The Hall–Kier alpha value is -0.0400. The van der Waals surface area contributed by atoms with Gasteiger partial charge < -0.3 is 4.74 Å². The van der Waals surface area contributed by atoms with Crippen molar-refractivity contribution in [2.45, 2.75) is 39.7 Å². The van der Waals surface area contributed by atoms with Gasteiger partial charge in [-0.15, -0.1) is 0 Å². The predicted octanol–water partition coefficient (Wildman–Crippen LogP) is 2.70. The molecule has 2 saturated carbocycles. The monoisotopic (exact) mass is 168 g/mol. The van der Waals surface area contributed by atoms with Crippen molar-refractivity contribution >= 4 is 0 Å². The van der Waals surface area contributed by atoms with Crippen LogP contribution in [0.5, 0.6) is 0 Å². The van der Waals surface area contributed by atoms with E-state index in [1.54, 1.807) is 0 Å². The molecule has 2 bridgehead atoms. The van der Waals surface area contributed by atoms with E-state index in [0.717, 1.165) is 17.8 Å². The van der Waals surface area contributed by atoms with Crippen LogP contribution in [-0.2, 0) is 4.74 Å². The minimum absolute atomic E-state index is 0.568. The molecular weight excluding hydrogens is 148 g/mol. The fourth-order valence-corrected chi connectivity index (χ4v) is 3.36. The molecule has 2 rings (SSSR count). The Kier molecular flexibility index (Phi) is 1.76. The van der Waals surface area contributed by atoms with E-state index in [9.17, 15) is 0 Å². The first-order chi connectivity index (χ1) is 5.57. The zero-order chi connectivity index (χ0) is 8.93. The summed E-state index contributed by atoms with van der Waals surface area (Å²) in [6.07, 6.45) is 3.28. The van der Waals surface area contributed by atoms with Gasteiger partial charge >= 0.3 is 0 Å². The lowest BCUT2D eigenvalue weighted by Crippen LogP contribution is -2.36. The highest BCUT2D eigenvalue weighted by molar-refractivity contribution is 5.04. The van der Waals surface area contributed by atoms with Crippen molar-refractivity contribution in [2.24, 2.45) is 23.2 Å². The molecule has 70 valence electrons. The molecule has 0 aromatic rings. The number of hydrogen-bond acceptors (Lipinski definition) is 1. The summed E-state index contributed by atoms with van der Waals surface area (Å²) in [5.41, 5.74) is 0.569. The fraction of sp³-hybridized carbons (Fsp3) is 1.00. The van der Waals surface area contributed by atoms with Crippen LogP contribution in [0.25, 0.3) is 0 Å². The maximum absolute atomic E-state index is 5.51. The van der Waals surface area contributed by atoms with Gasteiger partial charge in [-0.2, -0.15) is 0 Å². The van der Waals surface area contributed by atoms with Crippen molar-refractivity contribution in [1.82, 2.24) is 0 Å². The van der Waals surface area contributed by atoms with Gasteiger partial charge in [0, 0.05) is 7.11 Å².